The zero-order chi connectivity index (χ0) is 14.5. The zero-order valence-corrected chi connectivity index (χ0v) is 12.7. The topological polar surface area (TPSA) is 56.3 Å². The Morgan fingerprint density at radius 1 is 1.30 bits per heavy atom. The van der Waals surface area contributed by atoms with E-state index in [2.05, 4.69) is 4.98 Å². The second-order valence-corrected chi connectivity index (χ2v) is 6.26. The number of thioether (sulfide) groups is 1. The maximum Gasteiger partial charge on any atom is 0.374 e. The predicted octanol–water partition coefficient (Wildman–Crippen LogP) is 4.08. The molecule has 4 nitrogen and oxygen atoms in total. The maximum atomic E-state index is 11.7. The summed E-state index contributed by atoms with van der Waals surface area (Å²) >= 11 is 2.13. The lowest BCUT2D eigenvalue weighted by Gasteiger charge is -2.02. The van der Waals surface area contributed by atoms with Crippen molar-refractivity contribution in [2.75, 3.05) is 0 Å². The Hall–Kier alpha value is -1.66. The minimum atomic E-state index is -0.419. The molecule has 2 aromatic rings. The number of ether oxygens (including phenoxy) is 1. The van der Waals surface area contributed by atoms with Crippen LogP contribution >= 0.6 is 23.1 Å². The Morgan fingerprint density at radius 3 is 2.60 bits per heavy atom. The van der Waals surface area contributed by atoms with Crippen molar-refractivity contribution < 1.29 is 14.3 Å². The third kappa shape index (κ3) is 3.91. The molecule has 0 bridgehead atoms. The molecular formula is C14H13NO3S2. The molecule has 0 unspecified atom stereocenters. The van der Waals surface area contributed by atoms with E-state index in [-0.39, 0.29) is 12.4 Å². The number of Topliss-reactive ketones (excluding diaryl/α,β-unsaturated/α-hetero) is 1. The van der Waals surface area contributed by atoms with Crippen LogP contribution in [0.2, 0.25) is 0 Å². The summed E-state index contributed by atoms with van der Waals surface area (Å²) in [6.45, 7) is 3.48. The fourth-order valence-electron chi connectivity index (χ4n) is 1.56. The summed E-state index contributed by atoms with van der Waals surface area (Å²) in [7, 11) is 0. The molecule has 0 radical (unpaired) electrons. The first kappa shape index (κ1) is 14.7. The number of hydrogen-bond donors (Lipinski definition) is 0. The molecule has 1 aromatic carbocycles. The number of hydrogen-bond acceptors (Lipinski definition) is 6. The fraction of sp³-hybridized carbons (Fsp3) is 0.214. The molecule has 0 aliphatic carbocycles. The second kappa shape index (κ2) is 6.67. The van der Waals surface area contributed by atoms with E-state index in [9.17, 15) is 9.59 Å². The third-order valence-electron chi connectivity index (χ3n) is 2.47. The molecular weight excluding hydrogens is 294 g/mol. The molecule has 0 atom stereocenters. The monoisotopic (exact) mass is 307 g/mol. The molecule has 0 spiro atoms. The van der Waals surface area contributed by atoms with Crippen LogP contribution in [0.4, 0.5) is 4.79 Å². The van der Waals surface area contributed by atoms with E-state index in [1.54, 1.807) is 6.92 Å². The minimum absolute atomic E-state index is 0.0375. The molecule has 1 aromatic heterocycles. The summed E-state index contributed by atoms with van der Waals surface area (Å²) < 4.78 is 5.68. The van der Waals surface area contributed by atoms with Crippen LogP contribution in [-0.4, -0.2) is 16.1 Å². The number of carbonyl (C=O) groups is 2. The van der Waals surface area contributed by atoms with Gasteiger partial charge in [0.05, 0.1) is 10.6 Å². The van der Waals surface area contributed by atoms with E-state index in [1.165, 1.54) is 18.3 Å². The van der Waals surface area contributed by atoms with E-state index >= 15 is 0 Å². The largest absolute Gasteiger partial charge is 0.452 e. The van der Waals surface area contributed by atoms with Crippen molar-refractivity contribution in [3.05, 3.63) is 46.5 Å². The van der Waals surface area contributed by atoms with Crippen molar-refractivity contribution in [3.63, 3.8) is 0 Å². The Labute approximate surface area is 125 Å². The van der Waals surface area contributed by atoms with Gasteiger partial charge in [-0.1, -0.05) is 30.3 Å². The summed E-state index contributed by atoms with van der Waals surface area (Å²) in [5.74, 6) is -0.0375. The Morgan fingerprint density at radius 2 is 2.00 bits per heavy atom. The van der Waals surface area contributed by atoms with Gasteiger partial charge in [0.1, 0.15) is 6.61 Å². The molecule has 0 aliphatic heterocycles. The number of aromatic nitrogens is 1. The lowest BCUT2D eigenvalue weighted by Crippen LogP contribution is -1.97. The van der Waals surface area contributed by atoms with Gasteiger partial charge < -0.3 is 4.74 Å². The van der Waals surface area contributed by atoms with Gasteiger partial charge >= 0.3 is 5.30 Å². The SMILES string of the molecule is CC(=O)c1sc(SC(=O)OCc2ccccc2)nc1C. The molecule has 104 valence electrons. The Kier molecular flexibility index (Phi) is 4.92. The van der Waals surface area contributed by atoms with Crippen LogP contribution in [-0.2, 0) is 11.3 Å². The summed E-state index contributed by atoms with van der Waals surface area (Å²) in [6, 6.07) is 9.46. The number of carbonyl (C=O) groups excluding carboxylic acids is 2. The van der Waals surface area contributed by atoms with Crippen LogP contribution < -0.4 is 0 Å². The van der Waals surface area contributed by atoms with Gasteiger partial charge in [-0.3, -0.25) is 4.79 Å². The lowest BCUT2D eigenvalue weighted by molar-refractivity contribution is 0.102. The highest BCUT2D eigenvalue weighted by atomic mass is 32.2. The predicted molar refractivity (Wildman–Crippen MR) is 79.3 cm³/mol. The number of benzene rings is 1. The van der Waals surface area contributed by atoms with Gasteiger partial charge in [0, 0.05) is 18.7 Å². The average molecular weight is 307 g/mol. The van der Waals surface area contributed by atoms with E-state index in [0.29, 0.717) is 14.9 Å². The van der Waals surface area contributed by atoms with Gasteiger partial charge in [-0.25, -0.2) is 9.78 Å². The van der Waals surface area contributed by atoms with Gasteiger partial charge in [0.15, 0.2) is 10.1 Å². The highest BCUT2D eigenvalue weighted by Gasteiger charge is 2.15. The number of ketones is 1. The van der Waals surface area contributed by atoms with E-state index in [4.69, 9.17) is 4.74 Å². The van der Waals surface area contributed by atoms with E-state index < -0.39 is 5.30 Å². The van der Waals surface area contributed by atoms with Crippen LogP contribution in [0, 0.1) is 6.92 Å². The molecule has 0 fully saturated rings. The smallest absolute Gasteiger partial charge is 0.374 e. The summed E-state index contributed by atoms with van der Waals surface area (Å²) in [5.41, 5.74) is 1.59. The summed E-state index contributed by atoms with van der Waals surface area (Å²) in [6.07, 6.45) is 0. The fourth-order valence-corrected chi connectivity index (χ4v) is 3.32. The molecule has 20 heavy (non-hydrogen) atoms. The number of nitrogens with zero attached hydrogens (tertiary/aromatic N) is 1. The van der Waals surface area contributed by atoms with Crippen LogP contribution in [0.1, 0.15) is 27.9 Å². The molecule has 0 aliphatic rings. The number of aryl methyl sites for hydroxylation is 1. The van der Waals surface area contributed by atoms with Gasteiger partial charge in [0.25, 0.3) is 0 Å². The summed E-state index contributed by atoms with van der Waals surface area (Å²) in [5, 5.41) is -0.419. The van der Waals surface area contributed by atoms with Crippen molar-refractivity contribution >= 4 is 34.2 Å². The van der Waals surface area contributed by atoms with E-state index in [1.807, 2.05) is 30.3 Å². The Balaban J connectivity index is 1.92. The number of thiazole rings is 1. The lowest BCUT2D eigenvalue weighted by atomic mass is 10.2. The second-order valence-electron chi connectivity index (χ2n) is 4.08. The average Bonchev–Trinajstić information content (AvgIpc) is 2.78. The van der Waals surface area contributed by atoms with Crippen LogP contribution in [0.25, 0.3) is 0 Å². The minimum Gasteiger partial charge on any atom is -0.452 e. The molecule has 0 saturated carbocycles. The van der Waals surface area contributed by atoms with Crippen molar-refractivity contribution in [1.82, 2.24) is 4.98 Å². The molecule has 2 rings (SSSR count). The van der Waals surface area contributed by atoms with Crippen molar-refractivity contribution in [3.8, 4) is 0 Å². The van der Waals surface area contributed by atoms with Gasteiger partial charge in [0.2, 0.25) is 0 Å². The van der Waals surface area contributed by atoms with Crippen LogP contribution in [0.15, 0.2) is 34.7 Å². The number of rotatable bonds is 4. The maximum absolute atomic E-state index is 11.7. The Bertz CT molecular complexity index is 623. The van der Waals surface area contributed by atoms with E-state index in [0.717, 1.165) is 17.3 Å². The molecule has 0 N–H and O–H groups in total. The summed E-state index contributed by atoms with van der Waals surface area (Å²) in [4.78, 5) is 27.8. The highest BCUT2D eigenvalue weighted by Crippen LogP contribution is 2.28. The quantitative estimate of drug-likeness (QED) is 0.484. The first-order valence-electron chi connectivity index (χ1n) is 5.93. The normalized spacial score (nSPS) is 10.3. The van der Waals surface area contributed by atoms with Crippen molar-refractivity contribution in [2.45, 2.75) is 24.8 Å². The van der Waals surface area contributed by atoms with Crippen molar-refractivity contribution in [2.24, 2.45) is 0 Å². The standard InChI is InChI=1S/C14H13NO3S2/c1-9-12(10(2)16)19-13(15-9)20-14(17)18-8-11-6-4-3-5-7-11/h3-7H,8H2,1-2H3. The molecule has 6 heteroatoms. The first-order chi connectivity index (χ1) is 9.56. The van der Waals surface area contributed by atoms with Crippen molar-refractivity contribution in [1.29, 1.82) is 0 Å². The van der Waals surface area contributed by atoms with Gasteiger partial charge in [-0.2, -0.15) is 0 Å². The first-order valence-corrected chi connectivity index (χ1v) is 7.56. The molecule has 1 heterocycles. The molecule has 0 saturated heterocycles. The van der Waals surface area contributed by atoms with Crippen LogP contribution in [0.5, 0.6) is 0 Å². The van der Waals surface area contributed by atoms with Gasteiger partial charge in [-0.05, 0) is 12.5 Å². The van der Waals surface area contributed by atoms with Gasteiger partial charge in [-0.15, -0.1) is 11.3 Å². The zero-order valence-electron chi connectivity index (χ0n) is 11.1. The highest BCUT2D eigenvalue weighted by molar-refractivity contribution is 8.14. The van der Waals surface area contributed by atoms with Crippen LogP contribution in [0.3, 0.4) is 0 Å². The molecule has 0 amide bonds. The third-order valence-corrected chi connectivity index (χ3v) is 4.57.